The summed E-state index contributed by atoms with van der Waals surface area (Å²) < 4.78 is 16.4. The first-order valence-corrected chi connectivity index (χ1v) is 9.69. The van der Waals surface area contributed by atoms with Crippen LogP contribution in [0.1, 0.15) is 41.5 Å². The molecule has 0 fully saturated rings. The predicted octanol–water partition coefficient (Wildman–Crippen LogP) is 3.12. The van der Waals surface area contributed by atoms with Crippen molar-refractivity contribution < 1.29 is 23.8 Å². The molecule has 0 aromatic heterocycles. The molecule has 2 aromatic carbocycles. The molecule has 0 N–H and O–H groups in total. The molecule has 5 nitrogen and oxygen atoms in total. The van der Waals surface area contributed by atoms with Crippen molar-refractivity contribution >= 4 is 37.2 Å². The van der Waals surface area contributed by atoms with E-state index in [1.165, 1.54) is 0 Å². The van der Waals surface area contributed by atoms with Crippen LogP contribution in [-0.4, -0.2) is 37.5 Å². The molecule has 0 atom stereocenters. The fraction of sp³-hybridized carbons (Fsp3) is 0.364. The van der Waals surface area contributed by atoms with E-state index in [1.54, 1.807) is 48.5 Å². The van der Waals surface area contributed by atoms with Gasteiger partial charge in [0.05, 0.1) is 0 Å². The standard InChI is InChI=1S/C22H28B2O5/c1-21(2,3)28-17-11-7-15(8-12-17)23-19(25)27-20(26)24-16-9-13-18(14-10-16)29-22(4,5)6/h7-14,23-24H,1-6H3. The van der Waals surface area contributed by atoms with Crippen molar-refractivity contribution in [1.29, 1.82) is 0 Å². The Kier molecular flexibility index (Phi) is 7.17. The van der Waals surface area contributed by atoms with Crippen LogP contribution in [0.5, 0.6) is 11.5 Å². The van der Waals surface area contributed by atoms with E-state index in [1.807, 2.05) is 41.5 Å². The lowest BCUT2D eigenvalue weighted by Crippen LogP contribution is -2.31. The number of carbonyl (C=O) groups is 2. The second kappa shape index (κ2) is 9.21. The van der Waals surface area contributed by atoms with Crippen molar-refractivity contribution in [3.8, 4) is 11.5 Å². The Hall–Kier alpha value is -2.69. The average molecular weight is 394 g/mol. The Morgan fingerprint density at radius 1 is 0.621 bits per heavy atom. The maximum Gasteiger partial charge on any atom is 0.294 e. The van der Waals surface area contributed by atoms with Crippen molar-refractivity contribution in [3.05, 3.63) is 48.5 Å². The first-order valence-electron chi connectivity index (χ1n) is 9.69. The smallest absolute Gasteiger partial charge is 0.294 e. The molecule has 0 bridgehead atoms. The molecule has 0 unspecified atom stereocenters. The number of hydrogen-bond donors (Lipinski definition) is 0. The molecular formula is C22H28B2O5. The van der Waals surface area contributed by atoms with Crippen LogP contribution < -0.4 is 20.4 Å². The van der Waals surface area contributed by atoms with Crippen molar-refractivity contribution in [2.24, 2.45) is 0 Å². The summed E-state index contributed by atoms with van der Waals surface area (Å²) in [5.74, 6) is 0.300. The second-order valence-corrected chi connectivity index (χ2v) is 8.92. The minimum atomic E-state index is -0.577. The summed E-state index contributed by atoms with van der Waals surface area (Å²) >= 11 is 0. The minimum Gasteiger partial charge on any atom is -0.488 e. The van der Waals surface area contributed by atoms with Crippen LogP contribution in [0.25, 0.3) is 0 Å². The van der Waals surface area contributed by atoms with Crippen LogP contribution in [0.3, 0.4) is 0 Å². The molecule has 0 aliphatic rings. The summed E-state index contributed by atoms with van der Waals surface area (Å²) in [6.45, 7) is 11.8. The van der Waals surface area contributed by atoms with E-state index in [0.717, 1.165) is 22.4 Å². The van der Waals surface area contributed by atoms with E-state index >= 15 is 0 Å². The zero-order chi connectivity index (χ0) is 21.7. The Morgan fingerprint density at radius 3 is 1.21 bits per heavy atom. The van der Waals surface area contributed by atoms with Crippen molar-refractivity contribution in [3.63, 3.8) is 0 Å². The molecule has 0 amide bonds. The Balaban J connectivity index is 1.83. The van der Waals surface area contributed by atoms with Crippen molar-refractivity contribution in [2.45, 2.75) is 52.7 Å². The number of ether oxygens (including phenoxy) is 3. The number of hydrogen-bond acceptors (Lipinski definition) is 5. The Labute approximate surface area is 174 Å². The van der Waals surface area contributed by atoms with Crippen LogP contribution in [0.15, 0.2) is 48.5 Å². The molecule has 0 aliphatic heterocycles. The lowest BCUT2D eigenvalue weighted by Gasteiger charge is -2.21. The monoisotopic (exact) mass is 394 g/mol. The van der Waals surface area contributed by atoms with Gasteiger partial charge >= 0.3 is 0 Å². The van der Waals surface area contributed by atoms with Crippen molar-refractivity contribution in [1.82, 2.24) is 0 Å². The van der Waals surface area contributed by atoms with E-state index in [0.29, 0.717) is 0 Å². The van der Waals surface area contributed by atoms with Gasteiger partial charge in [0.15, 0.2) is 0 Å². The predicted molar refractivity (Wildman–Crippen MR) is 119 cm³/mol. The lowest BCUT2D eigenvalue weighted by atomic mass is 9.68. The molecule has 7 heteroatoms. The number of rotatable bonds is 6. The highest BCUT2D eigenvalue weighted by Gasteiger charge is 2.17. The molecule has 0 spiro atoms. The topological polar surface area (TPSA) is 61.8 Å². The van der Waals surface area contributed by atoms with Gasteiger partial charge in [0, 0.05) is 0 Å². The van der Waals surface area contributed by atoms with Crippen LogP contribution in [0, 0.1) is 0 Å². The van der Waals surface area contributed by atoms with Gasteiger partial charge in [-0.25, -0.2) is 0 Å². The third-order valence-corrected chi connectivity index (χ3v) is 3.62. The zero-order valence-electron chi connectivity index (χ0n) is 18.1. The van der Waals surface area contributed by atoms with Crippen LogP contribution >= 0.6 is 0 Å². The quantitative estimate of drug-likeness (QED) is 0.557. The minimum absolute atomic E-state index is 0.0277. The van der Waals surface area contributed by atoms with E-state index in [-0.39, 0.29) is 25.8 Å². The Bertz CT molecular complexity index is 760. The van der Waals surface area contributed by atoms with Gasteiger partial charge in [-0.15, -0.1) is 0 Å². The first kappa shape index (κ1) is 22.6. The van der Waals surface area contributed by atoms with Crippen LogP contribution in [0.4, 0.5) is 9.59 Å². The van der Waals surface area contributed by atoms with Gasteiger partial charge in [0.25, 0.3) is 26.3 Å². The van der Waals surface area contributed by atoms with Gasteiger partial charge in [-0.1, -0.05) is 35.2 Å². The Morgan fingerprint density at radius 2 is 0.931 bits per heavy atom. The lowest BCUT2D eigenvalue weighted by molar-refractivity contribution is 0.130. The largest absolute Gasteiger partial charge is 0.488 e. The second-order valence-electron chi connectivity index (χ2n) is 8.92. The van der Waals surface area contributed by atoms with Crippen molar-refractivity contribution in [2.75, 3.05) is 0 Å². The molecule has 0 saturated heterocycles. The van der Waals surface area contributed by atoms with E-state index in [2.05, 4.69) is 0 Å². The maximum atomic E-state index is 12.0. The summed E-state index contributed by atoms with van der Waals surface area (Å²) in [6, 6.07) is 14.4. The fourth-order valence-corrected chi connectivity index (χ4v) is 2.59. The van der Waals surface area contributed by atoms with E-state index in [4.69, 9.17) is 14.2 Å². The number of carbonyl (C=O) groups excluding carboxylic acids is 2. The summed E-state index contributed by atoms with van der Waals surface area (Å²) in [4.78, 5) is 24.1. The third-order valence-electron chi connectivity index (χ3n) is 3.62. The summed E-state index contributed by atoms with van der Waals surface area (Å²) in [7, 11) is 0.0554. The molecule has 2 aromatic rings. The van der Waals surface area contributed by atoms with E-state index in [9.17, 15) is 9.59 Å². The van der Waals surface area contributed by atoms with Gasteiger partial charge in [-0.2, -0.15) is 0 Å². The normalized spacial score (nSPS) is 11.4. The van der Waals surface area contributed by atoms with Gasteiger partial charge in [0.2, 0.25) is 0 Å². The van der Waals surface area contributed by atoms with Crippen LogP contribution in [0.2, 0.25) is 0 Å². The van der Waals surface area contributed by atoms with Gasteiger partial charge in [0.1, 0.15) is 22.7 Å². The van der Waals surface area contributed by atoms with E-state index < -0.39 is 11.7 Å². The maximum absolute atomic E-state index is 12.0. The fourth-order valence-electron chi connectivity index (χ4n) is 2.59. The molecule has 0 saturated carbocycles. The molecule has 0 aliphatic carbocycles. The summed E-state index contributed by atoms with van der Waals surface area (Å²) in [5, 5.41) is 0. The molecule has 152 valence electrons. The molecule has 0 heterocycles. The first-order chi connectivity index (χ1) is 13.4. The number of benzene rings is 2. The average Bonchev–Trinajstić information content (AvgIpc) is 2.55. The SMILES string of the molecule is CC(C)(C)Oc1ccc(BC(=O)OC(=O)Bc2ccc(OC(C)(C)C)cc2)cc1. The van der Waals surface area contributed by atoms with Crippen LogP contribution in [-0.2, 0) is 4.74 Å². The van der Waals surface area contributed by atoms with Gasteiger partial charge < -0.3 is 14.2 Å². The third kappa shape index (κ3) is 8.90. The molecular weight excluding hydrogens is 366 g/mol. The highest BCUT2D eigenvalue weighted by molar-refractivity contribution is 6.87. The van der Waals surface area contributed by atoms with Gasteiger partial charge in [-0.3, -0.25) is 9.59 Å². The molecule has 2 rings (SSSR count). The molecule has 0 radical (unpaired) electrons. The van der Waals surface area contributed by atoms with Gasteiger partial charge in [-0.05, 0) is 65.8 Å². The highest BCUT2D eigenvalue weighted by atomic mass is 16.6. The highest BCUT2D eigenvalue weighted by Crippen LogP contribution is 2.17. The summed E-state index contributed by atoms with van der Waals surface area (Å²) in [5.41, 5.74) is 0.939. The summed E-state index contributed by atoms with van der Waals surface area (Å²) in [6.07, 6.45) is 0. The zero-order valence-corrected chi connectivity index (χ0v) is 18.1. The molecule has 29 heavy (non-hydrogen) atoms.